The molecule has 2 aliphatic rings. The third-order valence-corrected chi connectivity index (χ3v) is 5.77. The van der Waals surface area contributed by atoms with Gasteiger partial charge in [0, 0.05) is 13.0 Å². The lowest BCUT2D eigenvalue weighted by Crippen LogP contribution is -2.36. The summed E-state index contributed by atoms with van der Waals surface area (Å²) in [5.41, 5.74) is 1.48. The second kappa shape index (κ2) is 7.82. The topological polar surface area (TPSA) is 73.7 Å². The summed E-state index contributed by atoms with van der Waals surface area (Å²) in [6.07, 6.45) is 4.12. The predicted octanol–water partition coefficient (Wildman–Crippen LogP) is 2.92. The number of ether oxygens (including phenoxy) is 2. The molecule has 5 rings (SSSR count). The number of benzene rings is 2. The van der Waals surface area contributed by atoms with Crippen LogP contribution in [-0.2, 0) is 11.3 Å². The number of hydrogen-bond acceptors (Lipinski definition) is 5. The van der Waals surface area contributed by atoms with E-state index in [9.17, 15) is 9.59 Å². The molecular weight excluding hydrogens is 382 g/mol. The van der Waals surface area contributed by atoms with Gasteiger partial charge in [0.05, 0.1) is 36.5 Å². The van der Waals surface area contributed by atoms with Crippen molar-refractivity contribution in [3.05, 3.63) is 64.7 Å². The zero-order valence-corrected chi connectivity index (χ0v) is 16.6. The van der Waals surface area contributed by atoms with E-state index in [1.54, 1.807) is 18.2 Å². The van der Waals surface area contributed by atoms with E-state index in [0.29, 0.717) is 30.7 Å². The van der Waals surface area contributed by atoms with Gasteiger partial charge >= 0.3 is 0 Å². The second-order valence-corrected chi connectivity index (χ2v) is 7.70. The maximum atomic E-state index is 13.1. The molecule has 1 amide bonds. The third kappa shape index (κ3) is 3.40. The van der Waals surface area contributed by atoms with Gasteiger partial charge in [0.15, 0.2) is 11.5 Å². The van der Waals surface area contributed by atoms with Crippen molar-refractivity contribution in [2.75, 3.05) is 19.8 Å². The molecule has 0 unspecified atom stereocenters. The Hall–Kier alpha value is -3.35. The lowest BCUT2D eigenvalue weighted by Gasteiger charge is -2.26. The van der Waals surface area contributed by atoms with Crippen molar-refractivity contribution in [1.82, 2.24) is 14.5 Å². The van der Waals surface area contributed by atoms with Crippen molar-refractivity contribution in [1.29, 1.82) is 0 Å². The van der Waals surface area contributed by atoms with Crippen molar-refractivity contribution >= 4 is 16.8 Å². The normalized spacial score (nSPS) is 18.4. The second-order valence-electron chi connectivity index (χ2n) is 7.70. The number of aromatic nitrogens is 2. The Morgan fingerprint density at radius 1 is 1.07 bits per heavy atom. The van der Waals surface area contributed by atoms with Crippen LogP contribution in [0.1, 0.15) is 30.9 Å². The first-order chi connectivity index (χ1) is 14.7. The van der Waals surface area contributed by atoms with Gasteiger partial charge in [-0.1, -0.05) is 18.2 Å². The lowest BCUT2D eigenvalue weighted by molar-refractivity contribution is -0.132. The molecule has 0 bridgehead atoms. The molecule has 0 aliphatic carbocycles. The van der Waals surface area contributed by atoms with E-state index in [0.717, 1.165) is 36.3 Å². The Morgan fingerprint density at radius 3 is 2.80 bits per heavy atom. The van der Waals surface area contributed by atoms with Crippen LogP contribution >= 0.6 is 0 Å². The fourth-order valence-corrected chi connectivity index (χ4v) is 4.25. The average molecular weight is 405 g/mol. The third-order valence-electron chi connectivity index (χ3n) is 5.77. The van der Waals surface area contributed by atoms with Gasteiger partial charge in [-0.05, 0) is 42.7 Å². The maximum absolute atomic E-state index is 13.1. The molecule has 7 heteroatoms. The number of amides is 1. The summed E-state index contributed by atoms with van der Waals surface area (Å²) in [6.45, 7) is 1.93. The molecule has 3 aromatic rings. The van der Waals surface area contributed by atoms with Gasteiger partial charge in [0.1, 0.15) is 6.54 Å². The maximum Gasteiger partial charge on any atom is 0.261 e. The molecule has 0 N–H and O–H groups in total. The van der Waals surface area contributed by atoms with Gasteiger partial charge in [0.2, 0.25) is 5.91 Å². The van der Waals surface area contributed by atoms with Crippen LogP contribution in [0.4, 0.5) is 0 Å². The van der Waals surface area contributed by atoms with Gasteiger partial charge in [-0.25, -0.2) is 4.98 Å². The number of fused-ring (bicyclic) bond motifs is 2. The number of hydrogen-bond donors (Lipinski definition) is 0. The van der Waals surface area contributed by atoms with E-state index in [4.69, 9.17) is 9.47 Å². The molecule has 1 atom stereocenters. The molecule has 2 aliphatic heterocycles. The minimum absolute atomic E-state index is 0.0162. The summed E-state index contributed by atoms with van der Waals surface area (Å²) in [4.78, 5) is 32.0. The first-order valence-corrected chi connectivity index (χ1v) is 10.3. The highest BCUT2D eigenvalue weighted by Gasteiger charge is 2.31. The quantitative estimate of drug-likeness (QED) is 0.670. The molecule has 0 saturated carbocycles. The van der Waals surface area contributed by atoms with Crippen LogP contribution in [0.5, 0.6) is 11.5 Å². The van der Waals surface area contributed by atoms with E-state index in [2.05, 4.69) is 4.98 Å². The van der Waals surface area contributed by atoms with E-state index in [1.807, 2.05) is 29.2 Å². The van der Waals surface area contributed by atoms with E-state index < -0.39 is 0 Å². The molecule has 30 heavy (non-hydrogen) atoms. The first-order valence-electron chi connectivity index (χ1n) is 10.3. The minimum Gasteiger partial charge on any atom is -0.490 e. The van der Waals surface area contributed by atoms with Crippen LogP contribution in [0.15, 0.2) is 53.6 Å². The monoisotopic (exact) mass is 405 g/mol. The predicted molar refractivity (Wildman–Crippen MR) is 112 cm³/mol. The lowest BCUT2D eigenvalue weighted by atomic mass is 10.0. The molecule has 154 valence electrons. The van der Waals surface area contributed by atoms with Crippen LogP contribution in [0.2, 0.25) is 0 Å². The van der Waals surface area contributed by atoms with E-state index >= 15 is 0 Å². The number of carbonyl (C=O) groups excluding carboxylic acids is 1. The highest BCUT2D eigenvalue weighted by atomic mass is 16.5. The number of para-hydroxylation sites is 1. The number of nitrogens with zero attached hydrogens (tertiary/aromatic N) is 3. The van der Waals surface area contributed by atoms with Crippen LogP contribution < -0.4 is 15.0 Å². The van der Waals surface area contributed by atoms with Crippen molar-refractivity contribution in [3.8, 4) is 11.5 Å². The Balaban J connectivity index is 1.39. The van der Waals surface area contributed by atoms with E-state index in [1.165, 1.54) is 10.9 Å². The average Bonchev–Trinajstić information content (AvgIpc) is 3.15. The number of likely N-dealkylation sites (tertiary alicyclic amines) is 1. The molecule has 7 nitrogen and oxygen atoms in total. The van der Waals surface area contributed by atoms with Crippen molar-refractivity contribution < 1.29 is 14.3 Å². The molecule has 0 spiro atoms. The molecule has 3 heterocycles. The summed E-state index contributed by atoms with van der Waals surface area (Å²) in [5.74, 6) is 1.41. The fourth-order valence-electron chi connectivity index (χ4n) is 4.25. The van der Waals surface area contributed by atoms with Crippen LogP contribution in [0, 0.1) is 0 Å². The van der Waals surface area contributed by atoms with Crippen LogP contribution in [-0.4, -0.2) is 40.1 Å². The highest BCUT2D eigenvalue weighted by molar-refractivity contribution is 5.79. The minimum atomic E-state index is -0.194. The van der Waals surface area contributed by atoms with Gasteiger partial charge in [-0.3, -0.25) is 14.2 Å². The zero-order chi connectivity index (χ0) is 20.5. The summed E-state index contributed by atoms with van der Waals surface area (Å²) >= 11 is 0. The zero-order valence-electron chi connectivity index (χ0n) is 16.6. The standard InChI is InChI=1S/C23H23N3O4/c27-22(14-25-15-24-18-6-2-1-5-17(18)23(25)28)26-10-3-7-19(26)16-8-9-20-21(13-16)30-12-4-11-29-20/h1-2,5-6,8-9,13,15,19H,3-4,7,10-12,14H2/t19-/m0/s1. The number of rotatable bonds is 3. The molecule has 2 aromatic carbocycles. The van der Waals surface area contributed by atoms with E-state index in [-0.39, 0.29) is 24.1 Å². The molecule has 0 radical (unpaired) electrons. The van der Waals surface area contributed by atoms with Crippen molar-refractivity contribution in [3.63, 3.8) is 0 Å². The molecular formula is C23H23N3O4. The van der Waals surface area contributed by atoms with Crippen LogP contribution in [0.3, 0.4) is 0 Å². The number of carbonyl (C=O) groups is 1. The molecule has 1 saturated heterocycles. The Kier molecular flexibility index (Phi) is 4.86. The molecule has 1 aromatic heterocycles. The Morgan fingerprint density at radius 2 is 1.90 bits per heavy atom. The van der Waals surface area contributed by atoms with Crippen LogP contribution in [0.25, 0.3) is 10.9 Å². The van der Waals surface area contributed by atoms with Gasteiger partial charge < -0.3 is 14.4 Å². The largest absolute Gasteiger partial charge is 0.490 e. The fraction of sp³-hybridized carbons (Fsp3) is 0.348. The highest BCUT2D eigenvalue weighted by Crippen LogP contribution is 2.38. The Labute approximate surface area is 173 Å². The van der Waals surface area contributed by atoms with Crippen molar-refractivity contribution in [2.24, 2.45) is 0 Å². The smallest absolute Gasteiger partial charge is 0.261 e. The molecule has 1 fully saturated rings. The van der Waals surface area contributed by atoms with Gasteiger partial charge in [0.25, 0.3) is 5.56 Å². The summed E-state index contributed by atoms with van der Waals surface area (Å²) in [6, 6.07) is 13.1. The van der Waals surface area contributed by atoms with Gasteiger partial charge in [-0.15, -0.1) is 0 Å². The SMILES string of the molecule is O=C(Cn1cnc2ccccc2c1=O)N1CCC[C@H]1c1ccc2c(c1)OCCCO2. The van der Waals surface area contributed by atoms with Crippen molar-refractivity contribution in [2.45, 2.75) is 31.8 Å². The summed E-state index contributed by atoms with van der Waals surface area (Å²) in [5, 5.41) is 0.522. The Bertz CT molecular complexity index is 1160. The van der Waals surface area contributed by atoms with Gasteiger partial charge in [-0.2, -0.15) is 0 Å². The first kappa shape index (κ1) is 18.7. The summed E-state index contributed by atoms with van der Waals surface area (Å²) in [7, 11) is 0. The summed E-state index contributed by atoms with van der Waals surface area (Å²) < 4.78 is 12.9.